The van der Waals surface area contributed by atoms with Crippen molar-refractivity contribution in [2.75, 3.05) is 32.5 Å². The first-order valence-electron chi connectivity index (χ1n) is 7.68. The minimum Gasteiger partial charge on any atom is -0.369 e. The molecule has 1 aromatic carbocycles. The summed E-state index contributed by atoms with van der Waals surface area (Å²) in [5, 5.41) is 7.79. The van der Waals surface area contributed by atoms with Crippen LogP contribution < -0.4 is 11.1 Å². The number of anilines is 1. The molecule has 24 heavy (non-hydrogen) atoms. The predicted molar refractivity (Wildman–Crippen MR) is 94.0 cm³/mol. The van der Waals surface area contributed by atoms with Gasteiger partial charge in [-0.1, -0.05) is 12.1 Å². The van der Waals surface area contributed by atoms with Crippen molar-refractivity contribution in [2.45, 2.75) is 0 Å². The summed E-state index contributed by atoms with van der Waals surface area (Å²) in [5.74, 6) is 0.423. The number of nitrogens with two attached hydrogens (primary N) is 1. The molecule has 0 spiro atoms. The van der Waals surface area contributed by atoms with Gasteiger partial charge in [-0.25, -0.2) is 4.98 Å². The van der Waals surface area contributed by atoms with Crippen LogP contribution in [-0.2, 0) is 0 Å². The van der Waals surface area contributed by atoms with E-state index in [4.69, 9.17) is 5.73 Å². The lowest BCUT2D eigenvalue weighted by Gasteiger charge is -2.12. The van der Waals surface area contributed by atoms with Gasteiger partial charge in [0, 0.05) is 30.4 Å². The summed E-state index contributed by atoms with van der Waals surface area (Å²) >= 11 is 0. The van der Waals surface area contributed by atoms with Crippen molar-refractivity contribution in [1.82, 2.24) is 19.5 Å². The minimum atomic E-state index is -0.452. The molecule has 0 saturated carbocycles. The minimum absolute atomic E-state index is 0.452. The van der Waals surface area contributed by atoms with Crippen LogP contribution in [0.2, 0.25) is 0 Å². The second-order valence-corrected chi connectivity index (χ2v) is 5.80. The van der Waals surface area contributed by atoms with Gasteiger partial charge in [0.2, 0.25) is 5.91 Å². The van der Waals surface area contributed by atoms with Crippen molar-refractivity contribution in [3.05, 3.63) is 48.3 Å². The quantitative estimate of drug-likeness (QED) is 0.717. The summed E-state index contributed by atoms with van der Waals surface area (Å²) in [7, 11) is 4.06. The van der Waals surface area contributed by atoms with E-state index in [1.807, 2.05) is 26.2 Å². The summed E-state index contributed by atoms with van der Waals surface area (Å²) in [6, 6.07) is 9.06. The van der Waals surface area contributed by atoms with E-state index in [1.165, 1.54) is 0 Å². The number of aromatic nitrogens is 3. The van der Waals surface area contributed by atoms with E-state index in [0.717, 1.165) is 35.7 Å². The molecule has 3 rings (SSSR count). The highest BCUT2D eigenvalue weighted by atomic mass is 16.1. The topological polar surface area (TPSA) is 88.5 Å². The summed E-state index contributed by atoms with van der Waals surface area (Å²) in [4.78, 5) is 17.9. The molecule has 3 N–H and O–H groups in total. The van der Waals surface area contributed by atoms with Gasteiger partial charge < -0.3 is 16.0 Å². The molecule has 0 saturated heterocycles. The van der Waals surface area contributed by atoms with E-state index >= 15 is 0 Å². The van der Waals surface area contributed by atoms with Crippen molar-refractivity contribution >= 4 is 17.4 Å². The SMILES string of the molecule is CN(C)CCNc1ccnc2c(-c3cccc(C(N)=O)c3)cnn12. The number of amides is 1. The van der Waals surface area contributed by atoms with Crippen LogP contribution in [0.1, 0.15) is 10.4 Å². The molecule has 0 unspecified atom stereocenters. The Labute approximate surface area is 140 Å². The van der Waals surface area contributed by atoms with Gasteiger partial charge in [-0.3, -0.25) is 4.79 Å². The number of benzene rings is 1. The van der Waals surface area contributed by atoms with Crippen LogP contribution in [-0.4, -0.2) is 52.6 Å². The van der Waals surface area contributed by atoms with E-state index in [0.29, 0.717) is 5.56 Å². The monoisotopic (exact) mass is 324 g/mol. The average Bonchev–Trinajstić information content (AvgIpc) is 2.99. The Morgan fingerprint density at radius 3 is 2.92 bits per heavy atom. The highest BCUT2D eigenvalue weighted by molar-refractivity contribution is 5.94. The maximum atomic E-state index is 11.4. The second kappa shape index (κ2) is 6.67. The number of hydrogen-bond donors (Lipinski definition) is 2. The molecule has 0 aliphatic carbocycles. The van der Waals surface area contributed by atoms with E-state index in [9.17, 15) is 4.79 Å². The fourth-order valence-corrected chi connectivity index (χ4v) is 2.48. The zero-order chi connectivity index (χ0) is 17.1. The van der Waals surface area contributed by atoms with Gasteiger partial charge in [-0.05, 0) is 37.9 Å². The zero-order valence-corrected chi connectivity index (χ0v) is 13.7. The van der Waals surface area contributed by atoms with Crippen LogP contribution in [0.15, 0.2) is 42.7 Å². The van der Waals surface area contributed by atoms with Gasteiger partial charge in [0.25, 0.3) is 0 Å². The highest BCUT2D eigenvalue weighted by Gasteiger charge is 2.12. The lowest BCUT2D eigenvalue weighted by molar-refractivity contribution is 0.100. The van der Waals surface area contributed by atoms with Gasteiger partial charge in [-0.15, -0.1) is 0 Å². The molecule has 0 fully saturated rings. The number of carbonyl (C=O) groups is 1. The van der Waals surface area contributed by atoms with E-state index < -0.39 is 5.91 Å². The summed E-state index contributed by atoms with van der Waals surface area (Å²) in [6.07, 6.45) is 3.50. The zero-order valence-electron chi connectivity index (χ0n) is 13.7. The molecule has 0 atom stereocenters. The van der Waals surface area contributed by atoms with Crippen molar-refractivity contribution in [3.8, 4) is 11.1 Å². The fraction of sp³-hybridized carbons (Fsp3) is 0.235. The molecule has 0 aliphatic rings. The van der Waals surface area contributed by atoms with Gasteiger partial charge in [0.05, 0.1) is 6.20 Å². The number of rotatable bonds is 6. The predicted octanol–water partition coefficient (Wildman–Crippen LogP) is 1.47. The van der Waals surface area contributed by atoms with E-state index in [1.54, 1.807) is 35.1 Å². The Balaban J connectivity index is 1.96. The molecule has 7 nitrogen and oxygen atoms in total. The molecule has 0 bridgehead atoms. The number of likely N-dealkylation sites (N-methyl/N-ethyl adjacent to an activating group) is 1. The lowest BCUT2D eigenvalue weighted by atomic mass is 10.1. The van der Waals surface area contributed by atoms with Crippen LogP contribution in [0.4, 0.5) is 5.82 Å². The van der Waals surface area contributed by atoms with Crippen molar-refractivity contribution in [1.29, 1.82) is 0 Å². The number of carbonyl (C=O) groups excluding carboxylic acids is 1. The Bertz CT molecular complexity index is 870. The highest BCUT2D eigenvalue weighted by Crippen LogP contribution is 2.25. The van der Waals surface area contributed by atoms with Crippen molar-refractivity contribution in [2.24, 2.45) is 5.73 Å². The van der Waals surface area contributed by atoms with Crippen LogP contribution in [0, 0.1) is 0 Å². The van der Waals surface area contributed by atoms with Crippen LogP contribution in [0.25, 0.3) is 16.8 Å². The number of primary amides is 1. The largest absolute Gasteiger partial charge is 0.369 e. The standard InChI is InChI=1S/C17H20N6O/c1-22(2)9-8-19-15-6-7-20-17-14(11-21-23(15)17)12-4-3-5-13(10-12)16(18)24/h3-7,10-11,19H,8-9H2,1-2H3,(H2,18,24). The van der Waals surface area contributed by atoms with Crippen LogP contribution in [0.3, 0.4) is 0 Å². The normalized spacial score (nSPS) is 11.1. The maximum Gasteiger partial charge on any atom is 0.248 e. The molecule has 0 radical (unpaired) electrons. The van der Waals surface area contributed by atoms with Crippen LogP contribution in [0.5, 0.6) is 0 Å². The van der Waals surface area contributed by atoms with Crippen molar-refractivity contribution in [3.63, 3.8) is 0 Å². The van der Waals surface area contributed by atoms with Gasteiger partial charge in [0.1, 0.15) is 5.82 Å². The average molecular weight is 324 g/mol. The van der Waals surface area contributed by atoms with Crippen molar-refractivity contribution < 1.29 is 4.79 Å². The number of hydrogen-bond acceptors (Lipinski definition) is 5. The third-order valence-corrected chi connectivity index (χ3v) is 3.72. The maximum absolute atomic E-state index is 11.4. The Morgan fingerprint density at radius 1 is 1.33 bits per heavy atom. The smallest absolute Gasteiger partial charge is 0.248 e. The number of fused-ring (bicyclic) bond motifs is 1. The summed E-state index contributed by atoms with van der Waals surface area (Å²) in [5.41, 5.74) is 8.27. The second-order valence-electron chi connectivity index (χ2n) is 5.80. The third-order valence-electron chi connectivity index (χ3n) is 3.72. The third kappa shape index (κ3) is 3.21. The summed E-state index contributed by atoms with van der Waals surface area (Å²) in [6.45, 7) is 1.72. The summed E-state index contributed by atoms with van der Waals surface area (Å²) < 4.78 is 1.77. The molecule has 0 aliphatic heterocycles. The van der Waals surface area contributed by atoms with E-state index in [-0.39, 0.29) is 0 Å². The van der Waals surface area contributed by atoms with Gasteiger partial charge >= 0.3 is 0 Å². The molecule has 3 aromatic rings. The first kappa shape index (κ1) is 15.9. The molecule has 2 heterocycles. The number of nitrogens with zero attached hydrogens (tertiary/aromatic N) is 4. The Morgan fingerprint density at radius 2 is 2.17 bits per heavy atom. The Hall–Kier alpha value is -2.93. The fourth-order valence-electron chi connectivity index (χ4n) is 2.48. The van der Waals surface area contributed by atoms with Gasteiger partial charge in [0.15, 0.2) is 5.65 Å². The lowest BCUT2D eigenvalue weighted by Crippen LogP contribution is -2.21. The van der Waals surface area contributed by atoms with Gasteiger partial charge in [-0.2, -0.15) is 9.61 Å². The first-order valence-corrected chi connectivity index (χ1v) is 7.68. The molecule has 124 valence electrons. The molecular weight excluding hydrogens is 304 g/mol. The number of nitrogens with one attached hydrogen (secondary N) is 1. The van der Waals surface area contributed by atoms with E-state index in [2.05, 4.69) is 20.3 Å². The molecule has 7 heteroatoms. The molecule has 1 amide bonds. The molecule has 2 aromatic heterocycles. The first-order chi connectivity index (χ1) is 11.6. The van der Waals surface area contributed by atoms with Crippen LogP contribution >= 0.6 is 0 Å². The Kier molecular flexibility index (Phi) is 4.43. The molecular formula is C17H20N6O.